The van der Waals surface area contributed by atoms with Crippen molar-refractivity contribution in [1.29, 1.82) is 0 Å². The van der Waals surface area contributed by atoms with Crippen molar-refractivity contribution in [1.82, 2.24) is 0 Å². The summed E-state index contributed by atoms with van der Waals surface area (Å²) in [5.41, 5.74) is 1.65. The van der Waals surface area contributed by atoms with Crippen molar-refractivity contribution in [3.63, 3.8) is 0 Å². The van der Waals surface area contributed by atoms with Crippen LogP contribution in [0.1, 0.15) is 13.8 Å². The van der Waals surface area contributed by atoms with Gasteiger partial charge in [-0.2, -0.15) is 0 Å². The lowest BCUT2D eigenvalue weighted by molar-refractivity contribution is -0.115. The fourth-order valence-electron chi connectivity index (χ4n) is 3.59. The van der Waals surface area contributed by atoms with Crippen LogP contribution in [-0.4, -0.2) is 28.6 Å². The standard InChI is InChI=1S/C28H26N4O6S4/c1-19(33)29-21-11-15-23(16-12-21)41(35,36)31-25-7-3-5-9-27(25)39-40-28-10-6-4-8-26(28)32-42(37,38)24-17-13-22(14-18-24)30-20(2)34/h3-18,31-32H,1-2H3,(H,29,33)(H,30,34). The number of hydrogen-bond donors (Lipinski definition) is 4. The maximum absolute atomic E-state index is 13.1. The molecule has 0 atom stereocenters. The first-order valence-corrected chi connectivity index (χ1v) is 17.4. The van der Waals surface area contributed by atoms with Gasteiger partial charge in [0.1, 0.15) is 0 Å². The maximum Gasteiger partial charge on any atom is 0.261 e. The third-order valence-electron chi connectivity index (χ3n) is 5.45. The monoisotopic (exact) mass is 642 g/mol. The van der Waals surface area contributed by atoms with Crippen molar-refractivity contribution in [3.8, 4) is 0 Å². The molecule has 0 aliphatic carbocycles. The number of nitrogens with one attached hydrogen (secondary N) is 4. The first-order chi connectivity index (χ1) is 19.9. The zero-order valence-electron chi connectivity index (χ0n) is 22.3. The number of rotatable bonds is 11. The molecule has 10 nitrogen and oxygen atoms in total. The van der Waals surface area contributed by atoms with E-state index in [1.807, 2.05) is 0 Å². The van der Waals surface area contributed by atoms with Crippen molar-refractivity contribution in [2.45, 2.75) is 33.4 Å². The summed E-state index contributed by atoms with van der Waals surface area (Å²) >= 11 is 0. The van der Waals surface area contributed by atoms with Gasteiger partial charge in [-0.25, -0.2) is 16.8 Å². The summed E-state index contributed by atoms with van der Waals surface area (Å²) in [6.45, 7) is 2.72. The Balaban J connectivity index is 1.49. The van der Waals surface area contributed by atoms with E-state index in [1.165, 1.54) is 84.0 Å². The molecule has 0 radical (unpaired) electrons. The predicted molar refractivity (Wildman–Crippen MR) is 168 cm³/mol. The minimum Gasteiger partial charge on any atom is -0.326 e. The smallest absolute Gasteiger partial charge is 0.261 e. The molecule has 0 aliphatic heterocycles. The van der Waals surface area contributed by atoms with Crippen LogP contribution in [0.4, 0.5) is 22.7 Å². The van der Waals surface area contributed by atoms with Crippen molar-refractivity contribution < 1.29 is 26.4 Å². The van der Waals surface area contributed by atoms with Crippen LogP contribution >= 0.6 is 21.6 Å². The highest BCUT2D eigenvalue weighted by molar-refractivity contribution is 8.76. The van der Waals surface area contributed by atoms with Gasteiger partial charge < -0.3 is 10.6 Å². The molecule has 0 spiro atoms. The molecule has 4 aromatic rings. The van der Waals surface area contributed by atoms with E-state index in [9.17, 15) is 26.4 Å². The van der Waals surface area contributed by atoms with E-state index in [0.29, 0.717) is 32.5 Å². The van der Waals surface area contributed by atoms with E-state index in [0.717, 1.165) is 0 Å². The molecule has 4 aromatic carbocycles. The molecule has 42 heavy (non-hydrogen) atoms. The van der Waals surface area contributed by atoms with Gasteiger partial charge in [0.05, 0.1) is 21.2 Å². The summed E-state index contributed by atoms with van der Waals surface area (Å²) < 4.78 is 57.5. The van der Waals surface area contributed by atoms with Gasteiger partial charge in [-0.05, 0) is 72.8 Å². The first-order valence-electron chi connectivity index (χ1n) is 12.3. The van der Waals surface area contributed by atoms with Gasteiger partial charge in [-0.15, -0.1) is 0 Å². The Morgan fingerprint density at radius 1 is 0.524 bits per heavy atom. The fourth-order valence-corrected chi connectivity index (χ4v) is 8.15. The van der Waals surface area contributed by atoms with Gasteiger partial charge in [0.25, 0.3) is 20.0 Å². The molecule has 218 valence electrons. The second-order valence-electron chi connectivity index (χ2n) is 8.78. The maximum atomic E-state index is 13.1. The SMILES string of the molecule is CC(=O)Nc1ccc(S(=O)(=O)Nc2ccccc2SSc2ccccc2NS(=O)(=O)c2ccc(NC(C)=O)cc2)cc1. The number of carbonyl (C=O) groups is 2. The van der Waals surface area contributed by atoms with Gasteiger partial charge in [0, 0.05) is 35.0 Å². The van der Waals surface area contributed by atoms with Gasteiger partial charge in [0.15, 0.2) is 0 Å². The van der Waals surface area contributed by atoms with Gasteiger partial charge in [-0.1, -0.05) is 45.9 Å². The normalized spacial score (nSPS) is 11.4. The van der Waals surface area contributed by atoms with Gasteiger partial charge in [0.2, 0.25) is 11.8 Å². The van der Waals surface area contributed by atoms with Crippen LogP contribution in [-0.2, 0) is 29.6 Å². The van der Waals surface area contributed by atoms with E-state index in [-0.39, 0.29) is 21.6 Å². The number of hydrogen-bond acceptors (Lipinski definition) is 8. The summed E-state index contributed by atoms with van der Waals surface area (Å²) in [5, 5.41) is 5.19. The Morgan fingerprint density at radius 2 is 0.857 bits per heavy atom. The first kappa shape index (κ1) is 31.0. The van der Waals surface area contributed by atoms with Gasteiger partial charge in [-0.3, -0.25) is 19.0 Å². The average Bonchev–Trinajstić information content (AvgIpc) is 2.93. The highest BCUT2D eigenvalue weighted by Gasteiger charge is 2.19. The summed E-state index contributed by atoms with van der Waals surface area (Å²) in [5.74, 6) is -0.530. The van der Waals surface area contributed by atoms with Crippen molar-refractivity contribution in [3.05, 3.63) is 97.1 Å². The Hall–Kier alpha value is -3.98. The summed E-state index contributed by atoms with van der Waals surface area (Å²) in [7, 11) is -5.36. The van der Waals surface area contributed by atoms with Gasteiger partial charge >= 0.3 is 0 Å². The number of para-hydroxylation sites is 2. The molecule has 0 fully saturated rings. The van der Waals surface area contributed by atoms with Crippen LogP contribution in [0.25, 0.3) is 0 Å². The number of benzene rings is 4. The minimum absolute atomic E-state index is 0.0221. The highest BCUT2D eigenvalue weighted by Crippen LogP contribution is 2.44. The molecule has 0 heterocycles. The van der Waals surface area contributed by atoms with Crippen molar-refractivity contribution >= 4 is 76.2 Å². The lowest BCUT2D eigenvalue weighted by Crippen LogP contribution is -2.14. The molecule has 0 unspecified atom stereocenters. The minimum atomic E-state index is -3.94. The summed E-state index contributed by atoms with van der Waals surface area (Å²) in [4.78, 5) is 23.7. The molecule has 2 amide bonds. The van der Waals surface area contributed by atoms with E-state index < -0.39 is 20.0 Å². The summed E-state index contributed by atoms with van der Waals surface area (Å²) in [6.07, 6.45) is 0. The van der Waals surface area contributed by atoms with Crippen LogP contribution in [0, 0.1) is 0 Å². The Labute approximate surface area is 252 Å². The molecule has 0 aliphatic rings. The summed E-state index contributed by atoms with van der Waals surface area (Å²) in [6, 6.07) is 25.3. The molecular weight excluding hydrogens is 617 g/mol. The van der Waals surface area contributed by atoms with Crippen LogP contribution < -0.4 is 20.1 Å². The largest absolute Gasteiger partial charge is 0.326 e. The van der Waals surface area contributed by atoms with Crippen molar-refractivity contribution in [2.24, 2.45) is 0 Å². The zero-order chi connectivity index (χ0) is 30.3. The van der Waals surface area contributed by atoms with Crippen molar-refractivity contribution in [2.75, 3.05) is 20.1 Å². The van der Waals surface area contributed by atoms with E-state index in [4.69, 9.17) is 0 Å². The van der Waals surface area contributed by atoms with E-state index in [2.05, 4.69) is 20.1 Å². The van der Waals surface area contributed by atoms with Crippen LogP contribution in [0.3, 0.4) is 0 Å². The van der Waals surface area contributed by atoms with E-state index in [1.54, 1.807) is 48.5 Å². The number of anilines is 4. The quantitative estimate of drug-likeness (QED) is 0.145. The number of amides is 2. The Kier molecular flexibility index (Phi) is 9.83. The number of carbonyl (C=O) groups excluding carboxylic acids is 2. The highest BCUT2D eigenvalue weighted by atomic mass is 33.1. The second kappa shape index (κ2) is 13.3. The molecule has 0 aromatic heterocycles. The molecular formula is C28H26N4O6S4. The molecule has 4 rings (SSSR count). The molecule has 14 heteroatoms. The second-order valence-corrected chi connectivity index (χ2v) is 14.4. The lowest BCUT2D eigenvalue weighted by Gasteiger charge is -2.14. The third kappa shape index (κ3) is 8.28. The van der Waals surface area contributed by atoms with Crippen LogP contribution in [0.5, 0.6) is 0 Å². The predicted octanol–water partition coefficient (Wildman–Crippen LogP) is 6.00. The number of sulfonamides is 2. The third-order valence-corrected chi connectivity index (χ3v) is 10.7. The topological polar surface area (TPSA) is 151 Å². The fraction of sp³-hybridized carbons (Fsp3) is 0.0714. The zero-order valence-corrected chi connectivity index (χ0v) is 25.6. The lowest BCUT2D eigenvalue weighted by atomic mass is 10.3. The Bertz CT molecular complexity index is 1680. The average molecular weight is 643 g/mol. The molecule has 0 bridgehead atoms. The Morgan fingerprint density at radius 3 is 1.19 bits per heavy atom. The molecule has 4 N–H and O–H groups in total. The molecule has 0 saturated carbocycles. The van der Waals surface area contributed by atoms with Crippen LogP contribution in [0.2, 0.25) is 0 Å². The van der Waals surface area contributed by atoms with E-state index >= 15 is 0 Å². The molecule has 0 saturated heterocycles. The van der Waals surface area contributed by atoms with Crippen LogP contribution in [0.15, 0.2) is 117 Å².